The Bertz CT molecular complexity index is 1470. The number of aromatic nitrogens is 3. The molecule has 0 fully saturated rings. The van der Waals surface area contributed by atoms with Crippen LogP contribution in [0.25, 0.3) is 21.9 Å². The molecular formula is C29H25N5O. The van der Waals surface area contributed by atoms with E-state index in [1.165, 1.54) is 0 Å². The lowest BCUT2D eigenvalue weighted by Crippen LogP contribution is -2.35. The quantitative estimate of drug-likeness (QED) is 0.397. The number of carbonyl (C=O) groups excluding carboxylic acids is 1. The highest BCUT2D eigenvalue weighted by molar-refractivity contribution is 6.07. The largest absolute Gasteiger partial charge is 0.351 e. The Labute approximate surface area is 203 Å². The third kappa shape index (κ3) is 4.15. The van der Waals surface area contributed by atoms with Crippen LogP contribution in [0.1, 0.15) is 21.6 Å². The number of aromatic amines is 1. The van der Waals surface area contributed by atoms with Crippen molar-refractivity contribution < 1.29 is 4.79 Å². The van der Waals surface area contributed by atoms with E-state index in [1.807, 2.05) is 78.0 Å². The molecule has 0 aliphatic carbocycles. The van der Waals surface area contributed by atoms with Gasteiger partial charge in [0.2, 0.25) is 0 Å². The van der Waals surface area contributed by atoms with E-state index in [4.69, 9.17) is 4.98 Å². The van der Waals surface area contributed by atoms with Crippen molar-refractivity contribution in [1.82, 2.24) is 19.9 Å². The van der Waals surface area contributed by atoms with Gasteiger partial charge in [-0.1, -0.05) is 66.7 Å². The number of anilines is 1. The fraction of sp³-hybridized carbons (Fsp3) is 0.138. The Morgan fingerprint density at radius 2 is 1.71 bits per heavy atom. The van der Waals surface area contributed by atoms with Crippen molar-refractivity contribution >= 4 is 22.5 Å². The lowest BCUT2D eigenvalue weighted by Gasteiger charge is -2.23. The van der Waals surface area contributed by atoms with Gasteiger partial charge in [0.15, 0.2) is 0 Å². The summed E-state index contributed by atoms with van der Waals surface area (Å²) in [6.07, 6.45) is 5.52. The summed E-state index contributed by atoms with van der Waals surface area (Å²) < 4.78 is 0. The number of pyridine rings is 1. The Morgan fingerprint density at radius 3 is 2.57 bits per heavy atom. The number of benzene rings is 3. The second-order valence-corrected chi connectivity index (χ2v) is 8.81. The summed E-state index contributed by atoms with van der Waals surface area (Å²) in [6.45, 7) is 2.41. The number of hydrogen-bond donors (Lipinski definition) is 1. The van der Waals surface area contributed by atoms with Gasteiger partial charge in [-0.15, -0.1) is 0 Å². The highest BCUT2D eigenvalue weighted by Crippen LogP contribution is 2.30. The molecule has 1 aliphatic rings. The zero-order chi connectivity index (χ0) is 23.6. The van der Waals surface area contributed by atoms with E-state index in [0.717, 1.165) is 44.5 Å². The van der Waals surface area contributed by atoms with Crippen LogP contribution in [-0.4, -0.2) is 38.8 Å². The van der Waals surface area contributed by atoms with Crippen LogP contribution in [0.4, 0.5) is 5.82 Å². The molecule has 6 rings (SSSR count). The first-order chi connectivity index (χ1) is 17.3. The highest BCUT2D eigenvalue weighted by Gasteiger charge is 2.26. The Balaban J connectivity index is 1.39. The molecule has 0 unspecified atom stereocenters. The van der Waals surface area contributed by atoms with E-state index in [1.54, 1.807) is 6.33 Å². The van der Waals surface area contributed by atoms with Gasteiger partial charge >= 0.3 is 0 Å². The summed E-state index contributed by atoms with van der Waals surface area (Å²) in [4.78, 5) is 30.3. The lowest BCUT2D eigenvalue weighted by molar-refractivity contribution is 0.0753. The molecule has 3 heterocycles. The van der Waals surface area contributed by atoms with Crippen molar-refractivity contribution in [3.8, 4) is 11.1 Å². The van der Waals surface area contributed by atoms with Crippen molar-refractivity contribution in [2.75, 3.05) is 18.0 Å². The van der Waals surface area contributed by atoms with E-state index in [2.05, 4.69) is 33.1 Å². The smallest absolute Gasteiger partial charge is 0.254 e. The number of amides is 1. The number of nitrogens with zero attached hydrogens (tertiary/aromatic N) is 4. The predicted octanol–water partition coefficient (Wildman–Crippen LogP) is 5.29. The van der Waals surface area contributed by atoms with Crippen LogP contribution in [-0.2, 0) is 13.1 Å². The van der Waals surface area contributed by atoms with Crippen LogP contribution in [0.3, 0.4) is 0 Å². The third-order valence-electron chi connectivity index (χ3n) is 6.57. The summed E-state index contributed by atoms with van der Waals surface area (Å²) in [6, 6.07) is 26.4. The van der Waals surface area contributed by atoms with Crippen molar-refractivity contribution in [3.63, 3.8) is 0 Å². The number of rotatable bonds is 4. The maximum absolute atomic E-state index is 13.8. The fourth-order valence-corrected chi connectivity index (χ4v) is 4.81. The summed E-state index contributed by atoms with van der Waals surface area (Å²) >= 11 is 0. The van der Waals surface area contributed by atoms with E-state index >= 15 is 0 Å². The van der Waals surface area contributed by atoms with E-state index in [9.17, 15) is 4.79 Å². The summed E-state index contributed by atoms with van der Waals surface area (Å²) in [5, 5.41) is 2.05. The number of imidazole rings is 1. The molecule has 2 aromatic heterocycles. The average molecular weight is 460 g/mol. The average Bonchev–Trinajstić information content (AvgIpc) is 3.36. The molecule has 0 bridgehead atoms. The van der Waals surface area contributed by atoms with Gasteiger partial charge in [0.25, 0.3) is 5.91 Å². The standard InChI is InChI=1S/C29H25N5O/c35-29(27-12-6-10-22-9-4-5-11-26(22)27)34-14-13-33(19-25-17-30-20-32-25)28-24(18-34)15-23(16-31-28)21-7-2-1-3-8-21/h1-12,15-17,20H,13-14,18-19H2,(H,30,32). The monoisotopic (exact) mass is 459 g/mol. The topological polar surface area (TPSA) is 65.1 Å². The number of nitrogens with one attached hydrogen (secondary N) is 1. The van der Waals surface area contributed by atoms with Crippen LogP contribution in [0.2, 0.25) is 0 Å². The number of hydrogen-bond acceptors (Lipinski definition) is 4. The Morgan fingerprint density at radius 1 is 0.886 bits per heavy atom. The molecule has 0 saturated carbocycles. The minimum atomic E-state index is 0.0412. The molecule has 0 radical (unpaired) electrons. The number of carbonyl (C=O) groups is 1. The van der Waals surface area contributed by atoms with Crippen molar-refractivity contribution in [2.45, 2.75) is 13.1 Å². The van der Waals surface area contributed by atoms with E-state index in [-0.39, 0.29) is 5.91 Å². The number of H-pyrrole nitrogens is 1. The zero-order valence-corrected chi connectivity index (χ0v) is 19.3. The van der Waals surface area contributed by atoms with E-state index < -0.39 is 0 Å². The first-order valence-corrected chi connectivity index (χ1v) is 11.8. The second kappa shape index (κ2) is 9.06. The van der Waals surface area contributed by atoms with Gasteiger partial charge in [-0.3, -0.25) is 4.79 Å². The molecule has 6 heteroatoms. The molecule has 6 nitrogen and oxygen atoms in total. The molecule has 3 aromatic carbocycles. The first kappa shape index (κ1) is 21.1. The molecular weight excluding hydrogens is 434 g/mol. The van der Waals surface area contributed by atoms with Gasteiger partial charge in [0, 0.05) is 48.7 Å². The third-order valence-corrected chi connectivity index (χ3v) is 6.57. The van der Waals surface area contributed by atoms with Gasteiger partial charge in [0.05, 0.1) is 18.6 Å². The minimum absolute atomic E-state index is 0.0412. The molecule has 0 spiro atoms. The van der Waals surface area contributed by atoms with E-state index in [0.29, 0.717) is 26.2 Å². The van der Waals surface area contributed by atoms with Crippen LogP contribution in [0, 0.1) is 0 Å². The van der Waals surface area contributed by atoms with Gasteiger partial charge in [0.1, 0.15) is 5.82 Å². The van der Waals surface area contributed by atoms with Crippen LogP contribution in [0.15, 0.2) is 97.6 Å². The normalized spacial score (nSPS) is 13.5. The second-order valence-electron chi connectivity index (χ2n) is 8.81. The summed E-state index contributed by atoms with van der Waals surface area (Å²) in [7, 11) is 0. The van der Waals surface area contributed by atoms with Crippen molar-refractivity contribution in [1.29, 1.82) is 0 Å². The predicted molar refractivity (Wildman–Crippen MR) is 138 cm³/mol. The molecule has 1 amide bonds. The Hall–Kier alpha value is -4.45. The van der Waals surface area contributed by atoms with Crippen LogP contribution < -0.4 is 4.90 Å². The van der Waals surface area contributed by atoms with Gasteiger partial charge in [-0.25, -0.2) is 9.97 Å². The molecule has 35 heavy (non-hydrogen) atoms. The van der Waals surface area contributed by atoms with Crippen LogP contribution >= 0.6 is 0 Å². The summed E-state index contributed by atoms with van der Waals surface area (Å²) in [5.74, 6) is 0.945. The van der Waals surface area contributed by atoms with Gasteiger partial charge in [-0.05, 0) is 28.5 Å². The number of fused-ring (bicyclic) bond motifs is 2. The molecule has 5 aromatic rings. The zero-order valence-electron chi connectivity index (χ0n) is 19.3. The van der Waals surface area contributed by atoms with Crippen molar-refractivity contribution in [2.24, 2.45) is 0 Å². The van der Waals surface area contributed by atoms with Gasteiger partial charge < -0.3 is 14.8 Å². The lowest BCUT2D eigenvalue weighted by atomic mass is 10.0. The molecule has 1 N–H and O–H groups in total. The molecule has 0 atom stereocenters. The maximum atomic E-state index is 13.8. The maximum Gasteiger partial charge on any atom is 0.254 e. The SMILES string of the molecule is O=C(c1cccc2ccccc12)N1CCN(Cc2c[nH]cn2)c2ncc(-c3ccccc3)cc2C1. The van der Waals surface area contributed by atoms with Gasteiger partial charge in [-0.2, -0.15) is 0 Å². The minimum Gasteiger partial charge on any atom is -0.351 e. The van der Waals surface area contributed by atoms with Crippen molar-refractivity contribution in [3.05, 3.63) is 114 Å². The highest BCUT2D eigenvalue weighted by atomic mass is 16.2. The molecule has 0 saturated heterocycles. The van der Waals surface area contributed by atoms with Crippen LogP contribution in [0.5, 0.6) is 0 Å². The molecule has 1 aliphatic heterocycles. The Kier molecular flexibility index (Phi) is 5.47. The summed E-state index contributed by atoms with van der Waals surface area (Å²) in [5.41, 5.74) is 4.87. The molecule has 172 valence electrons. The first-order valence-electron chi connectivity index (χ1n) is 11.8. The fourth-order valence-electron chi connectivity index (χ4n) is 4.81.